The first-order valence-corrected chi connectivity index (χ1v) is 5.74. The smallest absolute Gasteiger partial charge is 0.236 e. The lowest BCUT2D eigenvalue weighted by Crippen LogP contribution is -2.38. The van der Waals surface area contributed by atoms with E-state index in [9.17, 15) is 4.79 Å². The van der Waals surface area contributed by atoms with Crippen LogP contribution in [0, 0.1) is 0 Å². The Morgan fingerprint density at radius 3 is 2.56 bits per heavy atom. The van der Waals surface area contributed by atoms with Gasteiger partial charge in [0, 0.05) is 13.1 Å². The highest BCUT2D eigenvalue weighted by molar-refractivity contribution is 5.78. The molecular formula is C13H20N2O. The van der Waals surface area contributed by atoms with Crippen molar-refractivity contribution in [1.82, 2.24) is 10.2 Å². The van der Waals surface area contributed by atoms with E-state index in [4.69, 9.17) is 0 Å². The number of benzene rings is 1. The normalized spacial score (nSPS) is 10.1. The maximum atomic E-state index is 11.7. The summed E-state index contributed by atoms with van der Waals surface area (Å²) < 4.78 is 0. The predicted molar refractivity (Wildman–Crippen MR) is 66.3 cm³/mol. The Morgan fingerprint density at radius 2 is 2.00 bits per heavy atom. The quantitative estimate of drug-likeness (QED) is 0.783. The molecule has 0 aromatic heterocycles. The molecule has 1 aromatic rings. The zero-order valence-corrected chi connectivity index (χ0v) is 10.1. The average Bonchev–Trinajstić information content (AvgIpc) is 2.31. The first-order valence-electron chi connectivity index (χ1n) is 5.74. The highest BCUT2D eigenvalue weighted by Crippen LogP contribution is 2.01. The van der Waals surface area contributed by atoms with Crippen molar-refractivity contribution < 1.29 is 4.79 Å². The molecule has 1 N–H and O–H groups in total. The molecule has 0 aliphatic heterocycles. The molecule has 1 aromatic carbocycles. The van der Waals surface area contributed by atoms with Gasteiger partial charge in [-0.15, -0.1) is 0 Å². The Balaban J connectivity index is 2.43. The Kier molecular flexibility index (Phi) is 5.57. The minimum atomic E-state index is 0.168. The second-order valence-corrected chi connectivity index (χ2v) is 3.74. The molecule has 1 rings (SSSR count). The maximum absolute atomic E-state index is 11.7. The van der Waals surface area contributed by atoms with E-state index in [0.717, 1.165) is 19.5 Å². The molecule has 0 unspecified atom stereocenters. The minimum Gasteiger partial charge on any atom is -0.342 e. The van der Waals surface area contributed by atoms with Gasteiger partial charge in [-0.3, -0.25) is 4.79 Å². The van der Waals surface area contributed by atoms with E-state index in [-0.39, 0.29) is 5.91 Å². The van der Waals surface area contributed by atoms with Crippen LogP contribution in [0.1, 0.15) is 12.5 Å². The molecule has 0 spiro atoms. The van der Waals surface area contributed by atoms with Crippen LogP contribution in [0.25, 0.3) is 0 Å². The molecule has 0 radical (unpaired) electrons. The lowest BCUT2D eigenvalue weighted by molar-refractivity contribution is -0.129. The molecule has 0 bridgehead atoms. The highest BCUT2D eigenvalue weighted by Gasteiger charge is 2.09. The standard InChI is InChI=1S/C13H20N2O/c1-3-15(13(16)11-14-2)10-9-12-7-5-4-6-8-12/h4-8,14H,3,9-11H2,1-2H3. The van der Waals surface area contributed by atoms with E-state index < -0.39 is 0 Å². The van der Waals surface area contributed by atoms with Gasteiger partial charge in [-0.25, -0.2) is 0 Å². The number of amides is 1. The Labute approximate surface area is 97.5 Å². The topological polar surface area (TPSA) is 32.3 Å². The first-order chi connectivity index (χ1) is 7.77. The predicted octanol–water partition coefficient (Wildman–Crippen LogP) is 1.30. The summed E-state index contributed by atoms with van der Waals surface area (Å²) >= 11 is 0. The van der Waals surface area contributed by atoms with Crippen LogP contribution in [0.15, 0.2) is 30.3 Å². The van der Waals surface area contributed by atoms with Gasteiger partial charge in [-0.2, -0.15) is 0 Å². The van der Waals surface area contributed by atoms with Crippen molar-refractivity contribution >= 4 is 5.91 Å². The largest absolute Gasteiger partial charge is 0.342 e. The fourth-order valence-electron chi connectivity index (χ4n) is 1.63. The van der Waals surface area contributed by atoms with Crippen LogP contribution < -0.4 is 5.32 Å². The van der Waals surface area contributed by atoms with Crippen LogP contribution in [-0.2, 0) is 11.2 Å². The molecule has 3 nitrogen and oxygen atoms in total. The molecular weight excluding hydrogens is 200 g/mol. The van der Waals surface area contributed by atoms with Gasteiger partial charge in [-0.1, -0.05) is 30.3 Å². The summed E-state index contributed by atoms with van der Waals surface area (Å²) in [5.74, 6) is 0.168. The lowest BCUT2D eigenvalue weighted by atomic mass is 10.1. The molecule has 0 saturated carbocycles. The summed E-state index contributed by atoms with van der Waals surface area (Å²) in [7, 11) is 1.79. The molecule has 16 heavy (non-hydrogen) atoms. The van der Waals surface area contributed by atoms with Crippen molar-refractivity contribution in [2.24, 2.45) is 0 Å². The lowest BCUT2D eigenvalue weighted by Gasteiger charge is -2.20. The third-order valence-electron chi connectivity index (χ3n) is 2.58. The number of nitrogens with one attached hydrogen (secondary N) is 1. The number of hydrogen-bond acceptors (Lipinski definition) is 2. The number of carbonyl (C=O) groups is 1. The van der Waals surface area contributed by atoms with Crippen LogP contribution >= 0.6 is 0 Å². The van der Waals surface area contributed by atoms with E-state index in [1.165, 1.54) is 5.56 Å². The van der Waals surface area contributed by atoms with E-state index in [2.05, 4.69) is 17.4 Å². The molecule has 0 aliphatic carbocycles. The van der Waals surface area contributed by atoms with E-state index in [1.54, 1.807) is 7.05 Å². The molecule has 0 atom stereocenters. The van der Waals surface area contributed by atoms with Crippen LogP contribution in [0.4, 0.5) is 0 Å². The molecule has 1 amide bonds. The molecule has 0 saturated heterocycles. The Morgan fingerprint density at radius 1 is 1.31 bits per heavy atom. The van der Waals surface area contributed by atoms with Crippen LogP contribution in [-0.4, -0.2) is 37.5 Å². The van der Waals surface area contributed by atoms with Gasteiger partial charge in [0.05, 0.1) is 6.54 Å². The summed E-state index contributed by atoms with van der Waals surface area (Å²) in [6, 6.07) is 10.3. The molecule has 0 heterocycles. The second-order valence-electron chi connectivity index (χ2n) is 3.74. The van der Waals surface area contributed by atoms with Gasteiger partial charge in [0.25, 0.3) is 0 Å². The van der Waals surface area contributed by atoms with Crippen molar-refractivity contribution in [3.8, 4) is 0 Å². The van der Waals surface area contributed by atoms with Gasteiger partial charge < -0.3 is 10.2 Å². The number of hydrogen-bond donors (Lipinski definition) is 1. The van der Waals surface area contributed by atoms with Gasteiger partial charge in [0.1, 0.15) is 0 Å². The summed E-state index contributed by atoms with van der Waals surface area (Å²) in [5, 5.41) is 2.89. The summed E-state index contributed by atoms with van der Waals surface area (Å²) in [4.78, 5) is 13.5. The van der Waals surface area contributed by atoms with E-state index in [0.29, 0.717) is 6.54 Å². The minimum absolute atomic E-state index is 0.168. The molecule has 88 valence electrons. The fourth-order valence-corrected chi connectivity index (χ4v) is 1.63. The van der Waals surface area contributed by atoms with Crippen molar-refractivity contribution in [3.05, 3.63) is 35.9 Å². The zero-order valence-electron chi connectivity index (χ0n) is 10.1. The second kappa shape index (κ2) is 7.01. The van der Waals surface area contributed by atoms with Gasteiger partial charge in [-0.05, 0) is 26.0 Å². The SMILES string of the molecule is CCN(CCc1ccccc1)C(=O)CNC. The fraction of sp³-hybridized carbons (Fsp3) is 0.462. The summed E-state index contributed by atoms with van der Waals surface area (Å²) in [6.07, 6.45) is 0.921. The van der Waals surface area contributed by atoms with Crippen molar-refractivity contribution in [1.29, 1.82) is 0 Å². The van der Waals surface area contributed by atoms with Gasteiger partial charge in [0.2, 0.25) is 5.91 Å². The van der Waals surface area contributed by atoms with Crippen molar-refractivity contribution in [2.45, 2.75) is 13.3 Å². The van der Waals surface area contributed by atoms with Crippen LogP contribution in [0.3, 0.4) is 0 Å². The zero-order chi connectivity index (χ0) is 11.8. The van der Waals surface area contributed by atoms with Crippen LogP contribution in [0.5, 0.6) is 0 Å². The third-order valence-corrected chi connectivity index (χ3v) is 2.58. The number of nitrogens with zero attached hydrogens (tertiary/aromatic N) is 1. The Hall–Kier alpha value is -1.35. The van der Waals surface area contributed by atoms with Crippen molar-refractivity contribution in [2.75, 3.05) is 26.7 Å². The van der Waals surface area contributed by atoms with Crippen molar-refractivity contribution in [3.63, 3.8) is 0 Å². The molecule has 3 heteroatoms. The van der Waals surface area contributed by atoms with E-state index in [1.807, 2.05) is 30.0 Å². The first kappa shape index (κ1) is 12.7. The summed E-state index contributed by atoms with van der Waals surface area (Å²) in [5.41, 5.74) is 1.28. The van der Waals surface area contributed by atoms with E-state index >= 15 is 0 Å². The molecule has 0 fully saturated rings. The van der Waals surface area contributed by atoms with Crippen LogP contribution in [0.2, 0.25) is 0 Å². The monoisotopic (exact) mass is 220 g/mol. The average molecular weight is 220 g/mol. The summed E-state index contributed by atoms with van der Waals surface area (Å²) in [6.45, 7) is 4.00. The maximum Gasteiger partial charge on any atom is 0.236 e. The molecule has 0 aliphatic rings. The van der Waals surface area contributed by atoms with Gasteiger partial charge >= 0.3 is 0 Å². The number of carbonyl (C=O) groups excluding carboxylic acids is 1. The highest BCUT2D eigenvalue weighted by atomic mass is 16.2. The Bertz CT molecular complexity index is 311. The third kappa shape index (κ3) is 4.03. The number of likely N-dealkylation sites (N-methyl/N-ethyl adjacent to an activating group) is 2. The van der Waals surface area contributed by atoms with Gasteiger partial charge in [0.15, 0.2) is 0 Å². The number of rotatable bonds is 6.